The van der Waals surface area contributed by atoms with Gasteiger partial charge in [-0.25, -0.2) is 9.59 Å². The Bertz CT molecular complexity index is 2490. The largest absolute Gasteiger partial charge is 0.444 e. The Hall–Kier alpha value is -4.59. The summed E-state index contributed by atoms with van der Waals surface area (Å²) >= 11 is 40.5. The molecule has 40 heteroatoms. The van der Waals surface area contributed by atoms with Gasteiger partial charge in [-0.3, -0.25) is 0 Å². The maximum absolute atomic E-state index is 11.5. The Kier molecular flexibility index (Phi) is 73.2. The zero-order valence-corrected chi connectivity index (χ0v) is 57.5. The van der Waals surface area contributed by atoms with Crippen molar-refractivity contribution in [1.82, 2.24) is 85.4 Å². The van der Waals surface area contributed by atoms with Crippen LogP contribution < -0.4 is 59.7 Å². The van der Waals surface area contributed by atoms with Gasteiger partial charge in [0, 0.05) is 65.4 Å². The molecule has 0 spiro atoms. The van der Waals surface area contributed by atoms with Gasteiger partial charge in [0.2, 0.25) is 67.4 Å². The summed E-state index contributed by atoms with van der Waals surface area (Å²) in [5.74, 6) is 3.09. The van der Waals surface area contributed by atoms with E-state index < -0.39 is 23.4 Å². The van der Waals surface area contributed by atoms with Crippen LogP contribution in [0.3, 0.4) is 0 Å². The number of hydrogen-bond donors (Lipinski definition) is 12. The minimum Gasteiger partial charge on any atom is -0.444 e. The number of alkyl carbamates (subject to hydrolysis) is 2. The predicted octanol–water partition coefficient (Wildman–Crippen LogP) is 11.9. The lowest BCUT2D eigenvalue weighted by Gasteiger charge is -2.19. The molecule has 0 saturated carbocycles. The molecule has 14 N–H and O–H groups in total. The molecule has 524 valence electrons. The van der Waals surface area contributed by atoms with Gasteiger partial charge in [-0.2, -0.15) is 87.4 Å². The Labute approximate surface area is 584 Å². The summed E-state index contributed by atoms with van der Waals surface area (Å²) in [5, 5.41) is 25.5. The van der Waals surface area contributed by atoms with Crippen LogP contribution in [0.2, 0.25) is 31.7 Å². The molecule has 0 aromatic carbocycles. The van der Waals surface area contributed by atoms with Crippen LogP contribution in [0.1, 0.15) is 114 Å². The van der Waals surface area contributed by atoms with Crippen molar-refractivity contribution >= 4 is 165 Å². The fraction of sp³-hybridized carbons (Fsp3) is 0.660. The lowest BCUT2D eigenvalue weighted by molar-refractivity contribution is 0.0518. The van der Waals surface area contributed by atoms with Crippen molar-refractivity contribution in [3.63, 3.8) is 0 Å². The number of carbonyl (C=O) groups is 2. The zero-order valence-electron chi connectivity index (χ0n) is 49.6. The summed E-state index contributed by atoms with van der Waals surface area (Å²) < 4.78 is 10.1. The molecule has 5 heterocycles. The predicted molar refractivity (Wildman–Crippen MR) is 390 cm³/mol. The second-order valence-corrected chi connectivity index (χ2v) is 20.5. The number of nitrogens with zero attached hydrogens (tertiary/aromatic N) is 15. The zero-order chi connectivity index (χ0) is 64.7. The molecule has 0 saturated heterocycles. The molecular weight excluding hydrogens is 1370 g/mol. The number of thioether (sulfide) groups is 3. The van der Waals surface area contributed by atoms with Gasteiger partial charge in [0.15, 0.2) is 15.5 Å². The molecule has 0 bridgehead atoms. The summed E-state index contributed by atoms with van der Waals surface area (Å²) in [6.07, 6.45) is 6.56. The minimum absolute atomic E-state index is 0. The van der Waals surface area contributed by atoms with Crippen LogP contribution >= 0.6 is 118 Å². The van der Waals surface area contributed by atoms with E-state index >= 15 is 0 Å². The molecule has 5 aromatic heterocycles. The molecule has 5 rings (SSSR count). The second kappa shape index (κ2) is 63.2. The van der Waals surface area contributed by atoms with Crippen molar-refractivity contribution in [3.05, 3.63) is 31.7 Å². The highest BCUT2D eigenvalue weighted by atomic mass is 35.5. The van der Waals surface area contributed by atoms with E-state index in [1.807, 2.05) is 88.0 Å². The number of carbonyl (C=O) groups excluding carboxylic acids is 2. The summed E-state index contributed by atoms with van der Waals surface area (Å²) in [5.41, 5.74) is 14.1. The third-order valence-electron chi connectivity index (χ3n) is 7.16. The monoisotopic (exact) mass is 1470 g/mol. The van der Waals surface area contributed by atoms with Crippen molar-refractivity contribution < 1.29 is 19.1 Å². The molecule has 0 aliphatic carbocycles. The Balaban J connectivity index is -0.000000125. The highest BCUT2D eigenvalue weighted by Gasteiger charge is 2.16. The third kappa shape index (κ3) is 58.5. The average Bonchev–Trinajstić information content (AvgIpc) is 2.47. The first-order valence-electron chi connectivity index (χ1n) is 24.9. The highest BCUT2D eigenvalue weighted by Crippen LogP contribution is 2.16. The van der Waals surface area contributed by atoms with Crippen LogP contribution in [0, 0.1) is 0 Å². The lowest BCUT2D eigenvalue weighted by atomic mass is 10.2. The summed E-state index contributed by atoms with van der Waals surface area (Å²) in [6, 6.07) is 0. The number of ether oxygens (including phenoxy) is 2. The van der Waals surface area contributed by atoms with Crippen LogP contribution in [0.4, 0.5) is 45.3 Å². The smallest absolute Gasteiger partial charge is 0.407 e. The van der Waals surface area contributed by atoms with Gasteiger partial charge in [-0.05, 0) is 171 Å². The van der Waals surface area contributed by atoms with Crippen molar-refractivity contribution in [3.8, 4) is 0 Å². The number of hydrogen-bond acceptors (Lipinski definition) is 32. The van der Waals surface area contributed by atoms with Gasteiger partial charge in [-0.1, -0.05) is 79.8 Å². The number of nitrogens with two attached hydrogens (primary N) is 3. The maximum Gasteiger partial charge on any atom is 0.407 e. The Morgan fingerprint density at radius 2 is 0.622 bits per heavy atom. The summed E-state index contributed by atoms with van der Waals surface area (Å²) in [6.45, 7) is 24.8. The van der Waals surface area contributed by atoms with Crippen LogP contribution in [-0.4, -0.2) is 196 Å². The third-order valence-corrected chi connectivity index (χ3v) is 9.81. The molecule has 5 aromatic rings. The van der Waals surface area contributed by atoms with Crippen LogP contribution in [0.25, 0.3) is 0 Å². The van der Waals surface area contributed by atoms with Crippen molar-refractivity contribution in [2.45, 2.75) is 140 Å². The molecule has 0 radical (unpaired) electrons. The Morgan fingerprint density at radius 1 is 0.389 bits per heavy atom. The molecule has 0 atom stereocenters. The first-order chi connectivity index (χ1) is 39.7. The number of nitrogens with one attached hydrogen (secondary N) is 8. The molecule has 0 aliphatic rings. The van der Waals surface area contributed by atoms with E-state index in [1.165, 1.54) is 42.3 Å². The van der Waals surface area contributed by atoms with E-state index in [0.29, 0.717) is 90.4 Å². The van der Waals surface area contributed by atoms with Crippen molar-refractivity contribution in [2.24, 2.45) is 17.2 Å². The first kappa shape index (κ1) is 104. The van der Waals surface area contributed by atoms with Crippen LogP contribution in [0.5, 0.6) is 0 Å². The molecule has 0 aliphatic heterocycles. The molecule has 0 fully saturated rings. The van der Waals surface area contributed by atoms with E-state index in [0.717, 1.165) is 26.2 Å². The van der Waals surface area contributed by atoms with E-state index in [9.17, 15) is 9.59 Å². The summed E-state index contributed by atoms with van der Waals surface area (Å²) in [4.78, 5) is 81.1. The standard InChI is InChI=1S/C13H24N6O2S.C8H16N6S.C7H16N2O2.C6H9ClN4S.C5H6Cl2N4.C3Cl3N3.CH5N.CH4S.6CH4/c1-6-14-9-17-10(19-11(18-9)22-5)15-7-8-16-12(20)21-13(2,3)4;1-3-10-6-12-7(11-5-4-9)14-8(13-6)15-2;1-7(2,3)11-6(10)9-5-4-8;1-3-8-5-9-4(7)10-6(11-5)12-2;1-2-8-5-10-3(6)9-4(7)11-5;4-1-7-2(5)9-3(6)8-1;2*1-2;;;;;;/h6-8H2,1-5H3,(H,16,20)(H2,14,15,17,18,19);3-5,9H2,1-2H3,(H2,10,11,12,13,14);4-5,8H2,1-3H3,(H,9,10);3H2,1-2H3,(H,8,9,10,11);2H2,1H3,(H,8,9,10,11);;2H2,1H3;2H,1H3;6*1H4. The number of anilines is 6. The van der Waals surface area contributed by atoms with Crippen LogP contribution in [0.15, 0.2) is 15.5 Å². The van der Waals surface area contributed by atoms with E-state index in [4.69, 9.17) is 90.5 Å². The van der Waals surface area contributed by atoms with Gasteiger partial charge in [0.1, 0.15) is 11.2 Å². The van der Waals surface area contributed by atoms with Gasteiger partial charge >= 0.3 is 12.2 Å². The molecule has 2 amide bonds. The number of amides is 2. The van der Waals surface area contributed by atoms with E-state index in [-0.39, 0.29) is 76.3 Å². The fourth-order valence-corrected chi connectivity index (χ4v) is 6.63. The maximum atomic E-state index is 11.5. The van der Waals surface area contributed by atoms with Crippen LogP contribution in [-0.2, 0) is 9.47 Å². The van der Waals surface area contributed by atoms with Gasteiger partial charge in [0.05, 0.1) is 0 Å². The second-order valence-electron chi connectivity index (χ2n) is 16.1. The molecule has 90 heavy (non-hydrogen) atoms. The van der Waals surface area contributed by atoms with Gasteiger partial charge in [0.25, 0.3) is 0 Å². The van der Waals surface area contributed by atoms with Crippen molar-refractivity contribution in [1.29, 1.82) is 0 Å². The molecule has 0 unspecified atom stereocenters. The topological polar surface area (TPSA) is 420 Å². The average molecular weight is 1470 g/mol. The fourth-order valence-electron chi connectivity index (χ4n) is 4.38. The van der Waals surface area contributed by atoms with Gasteiger partial charge in [-0.15, -0.1) is 0 Å². The number of aromatic nitrogens is 15. The first-order valence-corrected chi connectivity index (χ1v) is 31.7. The minimum atomic E-state index is -0.500. The number of thiol groups is 1. The number of halogens is 6. The summed E-state index contributed by atoms with van der Waals surface area (Å²) in [7, 11) is 1.50. The van der Waals surface area contributed by atoms with E-state index in [1.54, 1.807) is 6.26 Å². The SMILES string of the molecule is C.C.C.C.C.C.CC(C)(C)OC(=O)NCCN.CCNc1nc(Cl)nc(Cl)n1.CCNc1nc(Cl)nc(SC)n1.CCNc1nc(NCCN)nc(SC)n1.CCNc1nc(NCCNC(=O)OC(C)(C)C)nc(SC)n1.CN.CS.Clc1nc(Cl)nc(Cl)n1. The van der Waals surface area contributed by atoms with Crippen molar-refractivity contribution in [2.75, 3.05) is 129 Å². The molecule has 30 nitrogen and oxygen atoms in total. The number of rotatable bonds is 20. The highest BCUT2D eigenvalue weighted by molar-refractivity contribution is 7.98. The Morgan fingerprint density at radius 3 is 0.900 bits per heavy atom. The quantitative estimate of drug-likeness (QED) is 0.0196. The molecular formula is C50H104Cl6N26O4S4. The van der Waals surface area contributed by atoms with E-state index in [2.05, 4.69) is 136 Å². The lowest BCUT2D eigenvalue weighted by Crippen LogP contribution is -2.35. The van der Waals surface area contributed by atoms with Gasteiger partial charge < -0.3 is 69.2 Å². The normalized spacial score (nSPS) is 9.30.